The molecule has 0 aromatic carbocycles. The van der Waals surface area contributed by atoms with Gasteiger partial charge < -0.3 is 9.84 Å². The van der Waals surface area contributed by atoms with E-state index in [9.17, 15) is 0 Å². The molecule has 1 N–H and O–H groups in total. The Bertz CT molecular complexity index is 80.6. The van der Waals surface area contributed by atoms with Gasteiger partial charge in [0.15, 0.2) is 0 Å². The van der Waals surface area contributed by atoms with Crippen molar-refractivity contribution in [3.05, 3.63) is 0 Å². The number of aliphatic hydroxyl groups excluding tert-OH is 1. The maximum atomic E-state index is 8.80. The van der Waals surface area contributed by atoms with Gasteiger partial charge in [-0.15, -0.1) is 0 Å². The van der Waals surface area contributed by atoms with Crippen LogP contribution in [0.15, 0.2) is 0 Å². The highest BCUT2D eigenvalue weighted by molar-refractivity contribution is 4.81. The highest BCUT2D eigenvalue weighted by Crippen LogP contribution is 2.25. The minimum Gasteiger partial charge on any atom is -0.393 e. The highest BCUT2D eigenvalue weighted by atomic mass is 16.6. The zero-order chi connectivity index (χ0) is 6.15. The van der Waals surface area contributed by atoms with Crippen molar-refractivity contribution < 1.29 is 9.84 Å². The molecule has 0 saturated carbocycles. The summed E-state index contributed by atoms with van der Waals surface area (Å²) in [4.78, 5) is 0. The van der Waals surface area contributed by atoms with Gasteiger partial charge in [-0.3, -0.25) is 0 Å². The molecule has 0 aliphatic carbocycles. The van der Waals surface area contributed by atoms with E-state index in [0.29, 0.717) is 12.2 Å². The summed E-state index contributed by atoms with van der Waals surface area (Å²) in [5, 5.41) is 8.80. The summed E-state index contributed by atoms with van der Waals surface area (Å²) in [6, 6.07) is 0. The lowest BCUT2D eigenvalue weighted by Crippen LogP contribution is -2.04. The average Bonchev–Trinajstić information content (AvgIpc) is 2.17. The van der Waals surface area contributed by atoms with Crippen molar-refractivity contribution >= 4 is 0 Å². The lowest BCUT2D eigenvalue weighted by Gasteiger charge is -1.96. The summed E-state index contributed by atoms with van der Waals surface area (Å²) in [5.74, 6) is 0. The molecule has 2 nitrogen and oxygen atoms in total. The fraction of sp³-hybridized carbons (Fsp3) is 1.00. The quantitative estimate of drug-likeness (QED) is 0.534. The van der Waals surface area contributed by atoms with Gasteiger partial charge in [0.05, 0.1) is 18.3 Å². The number of hydrogen-bond acceptors (Lipinski definition) is 2. The molecule has 1 fully saturated rings. The number of rotatable bonds is 2. The van der Waals surface area contributed by atoms with E-state index in [1.807, 2.05) is 6.92 Å². The first-order valence-electron chi connectivity index (χ1n) is 3.03. The van der Waals surface area contributed by atoms with Crippen molar-refractivity contribution in [1.29, 1.82) is 0 Å². The van der Waals surface area contributed by atoms with Crippen molar-refractivity contribution in [3.63, 3.8) is 0 Å². The second-order valence-corrected chi connectivity index (χ2v) is 2.46. The van der Waals surface area contributed by atoms with E-state index >= 15 is 0 Å². The van der Waals surface area contributed by atoms with Crippen LogP contribution in [0.3, 0.4) is 0 Å². The van der Waals surface area contributed by atoms with E-state index in [1.54, 1.807) is 6.92 Å². The zero-order valence-corrected chi connectivity index (χ0v) is 5.29. The maximum absolute atomic E-state index is 8.80. The Hall–Kier alpha value is -0.0800. The molecular formula is C6H12O2. The Kier molecular flexibility index (Phi) is 1.54. The van der Waals surface area contributed by atoms with Gasteiger partial charge in [-0.25, -0.2) is 0 Å². The van der Waals surface area contributed by atoms with Crippen LogP contribution in [0, 0.1) is 0 Å². The van der Waals surface area contributed by atoms with Crippen LogP contribution >= 0.6 is 0 Å². The second kappa shape index (κ2) is 2.03. The first kappa shape index (κ1) is 6.05. The number of aliphatic hydroxyl groups is 1. The van der Waals surface area contributed by atoms with Crippen molar-refractivity contribution in [3.8, 4) is 0 Å². The molecule has 1 aliphatic rings. The van der Waals surface area contributed by atoms with Crippen molar-refractivity contribution in [2.45, 2.75) is 38.6 Å². The van der Waals surface area contributed by atoms with E-state index in [4.69, 9.17) is 9.84 Å². The molecular weight excluding hydrogens is 104 g/mol. The summed E-state index contributed by atoms with van der Waals surface area (Å²) >= 11 is 0. The fourth-order valence-electron chi connectivity index (χ4n) is 0.814. The molecule has 0 aromatic heterocycles. The third-order valence-corrected chi connectivity index (χ3v) is 1.41. The molecule has 0 amide bonds. The molecule has 0 bridgehead atoms. The van der Waals surface area contributed by atoms with E-state index in [1.165, 1.54) is 0 Å². The molecule has 3 atom stereocenters. The number of ether oxygens (including phenoxy) is 1. The van der Waals surface area contributed by atoms with Crippen molar-refractivity contribution in [1.82, 2.24) is 0 Å². The molecule has 0 spiro atoms. The first-order chi connectivity index (χ1) is 3.70. The summed E-state index contributed by atoms with van der Waals surface area (Å²) in [6.45, 7) is 3.81. The van der Waals surface area contributed by atoms with E-state index in [2.05, 4.69) is 0 Å². The fourth-order valence-corrected chi connectivity index (χ4v) is 0.814. The Morgan fingerprint density at radius 3 is 2.38 bits per heavy atom. The molecule has 1 aliphatic heterocycles. The Balaban J connectivity index is 2.05. The Labute approximate surface area is 49.5 Å². The molecule has 1 unspecified atom stereocenters. The predicted octanol–water partition coefficient (Wildman–Crippen LogP) is 0.545. The van der Waals surface area contributed by atoms with Crippen LogP contribution in [0.25, 0.3) is 0 Å². The largest absolute Gasteiger partial charge is 0.393 e. The molecule has 1 heterocycles. The molecule has 48 valence electrons. The maximum Gasteiger partial charge on any atom is 0.0863 e. The van der Waals surface area contributed by atoms with E-state index in [0.717, 1.165) is 6.42 Å². The molecule has 1 saturated heterocycles. The average molecular weight is 116 g/mol. The Morgan fingerprint density at radius 2 is 2.25 bits per heavy atom. The summed E-state index contributed by atoms with van der Waals surface area (Å²) in [7, 11) is 0. The standard InChI is InChI=1S/C6H12O2/c1-4(7)3-6-5(2)8-6/h4-7H,3H2,1-2H3/t4?,5-,6-/m1/s1. The van der Waals surface area contributed by atoms with Gasteiger partial charge in [0.1, 0.15) is 0 Å². The topological polar surface area (TPSA) is 32.8 Å². The zero-order valence-electron chi connectivity index (χ0n) is 5.29. The molecule has 0 aromatic rings. The normalized spacial score (nSPS) is 39.4. The summed E-state index contributed by atoms with van der Waals surface area (Å²) in [5.41, 5.74) is 0. The predicted molar refractivity (Wildman–Crippen MR) is 30.6 cm³/mol. The van der Waals surface area contributed by atoms with Gasteiger partial charge >= 0.3 is 0 Å². The smallest absolute Gasteiger partial charge is 0.0863 e. The third kappa shape index (κ3) is 1.46. The van der Waals surface area contributed by atoms with Crippen LogP contribution < -0.4 is 0 Å². The number of hydrogen-bond donors (Lipinski definition) is 1. The van der Waals surface area contributed by atoms with Crippen LogP contribution in [0.4, 0.5) is 0 Å². The summed E-state index contributed by atoms with van der Waals surface area (Å²) < 4.78 is 5.07. The van der Waals surface area contributed by atoms with Gasteiger partial charge in [-0.05, 0) is 13.8 Å². The molecule has 2 heteroatoms. The first-order valence-corrected chi connectivity index (χ1v) is 3.03. The van der Waals surface area contributed by atoms with Crippen LogP contribution in [-0.2, 0) is 4.74 Å². The van der Waals surface area contributed by atoms with Gasteiger partial charge in [-0.2, -0.15) is 0 Å². The monoisotopic (exact) mass is 116 g/mol. The molecule has 0 radical (unpaired) electrons. The van der Waals surface area contributed by atoms with E-state index in [-0.39, 0.29) is 6.10 Å². The van der Waals surface area contributed by atoms with Crippen LogP contribution in [0.5, 0.6) is 0 Å². The highest BCUT2D eigenvalue weighted by Gasteiger charge is 2.34. The lowest BCUT2D eigenvalue weighted by molar-refractivity contribution is 0.170. The van der Waals surface area contributed by atoms with Gasteiger partial charge in [0.25, 0.3) is 0 Å². The second-order valence-electron chi connectivity index (χ2n) is 2.46. The van der Waals surface area contributed by atoms with Gasteiger partial charge in [-0.1, -0.05) is 0 Å². The minimum absolute atomic E-state index is 0.204. The van der Waals surface area contributed by atoms with Crippen LogP contribution in [0.1, 0.15) is 20.3 Å². The van der Waals surface area contributed by atoms with Crippen LogP contribution in [-0.4, -0.2) is 23.4 Å². The van der Waals surface area contributed by atoms with Crippen LogP contribution in [0.2, 0.25) is 0 Å². The minimum atomic E-state index is -0.204. The summed E-state index contributed by atoms with van der Waals surface area (Å²) in [6.07, 6.45) is 1.32. The number of epoxide rings is 1. The van der Waals surface area contributed by atoms with Gasteiger partial charge in [0, 0.05) is 6.42 Å². The van der Waals surface area contributed by atoms with E-state index < -0.39 is 0 Å². The van der Waals surface area contributed by atoms with Crippen molar-refractivity contribution in [2.75, 3.05) is 0 Å². The van der Waals surface area contributed by atoms with Gasteiger partial charge in [0.2, 0.25) is 0 Å². The molecule has 1 rings (SSSR count). The van der Waals surface area contributed by atoms with Crippen molar-refractivity contribution in [2.24, 2.45) is 0 Å². The SMILES string of the molecule is CC(O)C[C@H]1O[C@@H]1C. The molecule has 8 heavy (non-hydrogen) atoms. The Morgan fingerprint density at radius 1 is 1.75 bits per heavy atom. The third-order valence-electron chi connectivity index (χ3n) is 1.41. The lowest BCUT2D eigenvalue weighted by atomic mass is 10.2.